The standard InChI is InChI=1S/C30H32N2O4/c1-5-24-21(4)28(30(34)36-18-23-14-10-7-11-15-23)32-26(24)16-25-19(2)20(3)27(31-25)29(33)35-17-22-12-8-6-9-13-22/h6-15,31-32H,5,16-18H2,1-4H3. The maximum Gasteiger partial charge on any atom is 0.355 e. The Labute approximate surface area is 211 Å². The van der Waals surface area contributed by atoms with E-state index < -0.39 is 0 Å². The maximum atomic E-state index is 12.9. The first-order valence-electron chi connectivity index (χ1n) is 12.2. The van der Waals surface area contributed by atoms with Crippen molar-refractivity contribution in [1.29, 1.82) is 0 Å². The Bertz CT molecular complexity index is 1350. The van der Waals surface area contributed by atoms with Crippen molar-refractivity contribution >= 4 is 11.9 Å². The van der Waals surface area contributed by atoms with Crippen LogP contribution in [0.15, 0.2) is 60.7 Å². The van der Waals surface area contributed by atoms with Crippen LogP contribution in [0.5, 0.6) is 0 Å². The highest BCUT2D eigenvalue weighted by Gasteiger charge is 2.23. The molecule has 0 bridgehead atoms. The summed E-state index contributed by atoms with van der Waals surface area (Å²) in [6.45, 7) is 8.36. The summed E-state index contributed by atoms with van der Waals surface area (Å²) >= 11 is 0. The van der Waals surface area contributed by atoms with Crippen LogP contribution in [0.1, 0.15) is 72.7 Å². The Balaban J connectivity index is 1.50. The first-order chi connectivity index (χ1) is 17.4. The number of carbonyl (C=O) groups excluding carboxylic acids is 2. The molecule has 6 heteroatoms. The molecule has 0 unspecified atom stereocenters. The Morgan fingerprint density at radius 2 is 1.14 bits per heavy atom. The van der Waals surface area contributed by atoms with E-state index in [1.165, 1.54) is 0 Å². The van der Waals surface area contributed by atoms with E-state index in [1.807, 2.05) is 81.4 Å². The van der Waals surface area contributed by atoms with Crippen molar-refractivity contribution in [2.24, 2.45) is 0 Å². The van der Waals surface area contributed by atoms with Gasteiger partial charge in [-0.25, -0.2) is 9.59 Å². The van der Waals surface area contributed by atoms with Crippen LogP contribution >= 0.6 is 0 Å². The summed E-state index contributed by atoms with van der Waals surface area (Å²) < 4.78 is 11.1. The fourth-order valence-electron chi connectivity index (χ4n) is 4.43. The third kappa shape index (κ3) is 5.43. The number of aromatic amines is 2. The third-order valence-electron chi connectivity index (χ3n) is 6.67. The molecule has 36 heavy (non-hydrogen) atoms. The molecule has 4 aromatic rings. The van der Waals surface area contributed by atoms with Crippen LogP contribution in [0, 0.1) is 20.8 Å². The molecule has 4 rings (SSSR count). The summed E-state index contributed by atoms with van der Waals surface area (Å²) in [5.41, 5.74) is 8.52. The smallest absolute Gasteiger partial charge is 0.355 e. The number of carbonyl (C=O) groups is 2. The van der Waals surface area contributed by atoms with Crippen molar-refractivity contribution in [1.82, 2.24) is 9.97 Å². The van der Waals surface area contributed by atoms with E-state index in [0.717, 1.165) is 51.2 Å². The molecule has 0 saturated carbocycles. The number of benzene rings is 2. The molecule has 0 aliphatic heterocycles. The predicted molar refractivity (Wildman–Crippen MR) is 139 cm³/mol. The summed E-state index contributed by atoms with van der Waals surface area (Å²) in [5.74, 6) is -0.754. The molecule has 2 heterocycles. The minimum atomic E-state index is -0.380. The van der Waals surface area contributed by atoms with Gasteiger partial charge < -0.3 is 19.4 Å². The average molecular weight is 485 g/mol. The molecule has 6 nitrogen and oxygen atoms in total. The van der Waals surface area contributed by atoms with E-state index >= 15 is 0 Å². The summed E-state index contributed by atoms with van der Waals surface area (Å²) in [6.07, 6.45) is 1.31. The largest absolute Gasteiger partial charge is 0.456 e. The number of aromatic nitrogens is 2. The highest BCUT2D eigenvalue weighted by atomic mass is 16.5. The van der Waals surface area contributed by atoms with Crippen LogP contribution in [-0.2, 0) is 35.5 Å². The molecular weight excluding hydrogens is 452 g/mol. The van der Waals surface area contributed by atoms with Crippen molar-refractivity contribution < 1.29 is 19.1 Å². The fourth-order valence-corrected chi connectivity index (χ4v) is 4.43. The van der Waals surface area contributed by atoms with E-state index in [-0.39, 0.29) is 25.2 Å². The van der Waals surface area contributed by atoms with Crippen molar-refractivity contribution in [3.63, 3.8) is 0 Å². The Morgan fingerprint density at radius 1 is 0.667 bits per heavy atom. The minimum absolute atomic E-state index is 0.219. The molecule has 0 saturated heterocycles. The molecule has 0 fully saturated rings. The summed E-state index contributed by atoms with van der Waals surface area (Å²) in [7, 11) is 0. The molecule has 0 radical (unpaired) electrons. The minimum Gasteiger partial charge on any atom is -0.456 e. The van der Waals surface area contributed by atoms with E-state index in [1.54, 1.807) is 0 Å². The number of nitrogens with one attached hydrogen (secondary N) is 2. The zero-order chi connectivity index (χ0) is 25.7. The second kappa shape index (κ2) is 11.1. The van der Waals surface area contributed by atoms with E-state index in [0.29, 0.717) is 17.8 Å². The molecule has 0 atom stereocenters. The lowest BCUT2D eigenvalue weighted by Gasteiger charge is -2.05. The SMILES string of the molecule is CCc1c(Cc2[nH]c(C(=O)OCc3ccccc3)c(C)c2C)[nH]c(C(=O)OCc2ccccc2)c1C. The zero-order valence-corrected chi connectivity index (χ0v) is 21.2. The molecule has 0 aliphatic rings. The molecule has 0 spiro atoms. The van der Waals surface area contributed by atoms with Gasteiger partial charge >= 0.3 is 11.9 Å². The molecule has 0 amide bonds. The molecule has 2 aromatic heterocycles. The van der Waals surface area contributed by atoms with Crippen LogP contribution in [0.25, 0.3) is 0 Å². The Kier molecular flexibility index (Phi) is 7.74. The van der Waals surface area contributed by atoms with Gasteiger partial charge in [-0.1, -0.05) is 67.6 Å². The van der Waals surface area contributed by atoms with Gasteiger partial charge in [0, 0.05) is 17.8 Å². The van der Waals surface area contributed by atoms with Crippen molar-refractivity contribution in [2.75, 3.05) is 0 Å². The van der Waals surface area contributed by atoms with Gasteiger partial charge in [0.15, 0.2) is 0 Å². The van der Waals surface area contributed by atoms with Crippen LogP contribution in [0.4, 0.5) is 0 Å². The summed E-state index contributed by atoms with van der Waals surface area (Å²) in [5, 5.41) is 0. The molecule has 186 valence electrons. The van der Waals surface area contributed by atoms with E-state index in [4.69, 9.17) is 9.47 Å². The van der Waals surface area contributed by atoms with E-state index in [9.17, 15) is 9.59 Å². The number of rotatable bonds is 9. The number of hydrogen-bond donors (Lipinski definition) is 2. The lowest BCUT2D eigenvalue weighted by Crippen LogP contribution is -2.08. The third-order valence-corrected chi connectivity index (χ3v) is 6.67. The fraction of sp³-hybridized carbons (Fsp3) is 0.267. The van der Waals surface area contributed by atoms with Gasteiger partial charge in [0.2, 0.25) is 0 Å². The second-order valence-electron chi connectivity index (χ2n) is 8.96. The molecular formula is C30H32N2O4. The number of ether oxygens (including phenoxy) is 2. The van der Waals surface area contributed by atoms with E-state index in [2.05, 4.69) is 16.9 Å². The molecule has 2 aromatic carbocycles. The highest BCUT2D eigenvalue weighted by molar-refractivity contribution is 5.90. The lowest BCUT2D eigenvalue weighted by atomic mass is 10.0. The quantitative estimate of drug-likeness (QED) is 0.280. The Hall–Kier alpha value is -4.06. The van der Waals surface area contributed by atoms with Gasteiger partial charge in [-0.3, -0.25) is 0 Å². The van der Waals surface area contributed by atoms with Gasteiger partial charge in [-0.15, -0.1) is 0 Å². The average Bonchev–Trinajstić information content (AvgIpc) is 3.37. The normalized spacial score (nSPS) is 10.9. The van der Waals surface area contributed by atoms with Crippen LogP contribution in [0.2, 0.25) is 0 Å². The Morgan fingerprint density at radius 3 is 1.64 bits per heavy atom. The van der Waals surface area contributed by atoms with Crippen LogP contribution in [0.3, 0.4) is 0 Å². The highest BCUT2D eigenvalue weighted by Crippen LogP contribution is 2.26. The van der Waals surface area contributed by atoms with Gasteiger partial charge in [-0.2, -0.15) is 0 Å². The summed E-state index contributed by atoms with van der Waals surface area (Å²) in [4.78, 5) is 32.2. The first-order valence-corrected chi connectivity index (χ1v) is 12.2. The first kappa shape index (κ1) is 25.0. The zero-order valence-electron chi connectivity index (χ0n) is 21.2. The van der Waals surface area contributed by atoms with Gasteiger partial charge in [0.1, 0.15) is 24.6 Å². The van der Waals surface area contributed by atoms with Crippen molar-refractivity contribution in [2.45, 2.75) is 53.8 Å². The van der Waals surface area contributed by atoms with Gasteiger partial charge in [-0.05, 0) is 60.6 Å². The molecule has 2 N–H and O–H groups in total. The van der Waals surface area contributed by atoms with Crippen molar-refractivity contribution in [3.05, 3.63) is 117 Å². The molecule has 0 aliphatic carbocycles. The number of H-pyrrole nitrogens is 2. The summed E-state index contributed by atoms with van der Waals surface area (Å²) in [6, 6.07) is 19.2. The van der Waals surface area contributed by atoms with Gasteiger partial charge in [0.25, 0.3) is 0 Å². The topological polar surface area (TPSA) is 84.2 Å². The van der Waals surface area contributed by atoms with Gasteiger partial charge in [0.05, 0.1) is 0 Å². The van der Waals surface area contributed by atoms with Crippen LogP contribution in [-0.4, -0.2) is 21.9 Å². The lowest BCUT2D eigenvalue weighted by molar-refractivity contribution is 0.0457. The number of esters is 2. The second-order valence-corrected chi connectivity index (χ2v) is 8.96. The van der Waals surface area contributed by atoms with Crippen LogP contribution < -0.4 is 0 Å². The number of hydrogen-bond acceptors (Lipinski definition) is 4. The maximum absolute atomic E-state index is 12.9. The monoisotopic (exact) mass is 484 g/mol. The predicted octanol–water partition coefficient (Wildman–Crippen LogP) is 6.14. The van der Waals surface area contributed by atoms with Crippen molar-refractivity contribution in [3.8, 4) is 0 Å².